The molecule has 0 amide bonds. The van der Waals surface area contributed by atoms with Gasteiger partial charge in [-0.15, -0.1) is 0 Å². The second-order valence-electron chi connectivity index (χ2n) is 4.02. The van der Waals surface area contributed by atoms with Crippen LogP contribution in [-0.2, 0) is 19.1 Å². The van der Waals surface area contributed by atoms with Gasteiger partial charge < -0.3 is 9.47 Å². The van der Waals surface area contributed by atoms with E-state index in [1.165, 1.54) is 0 Å². The molecule has 0 N–H and O–H groups in total. The monoisotopic (exact) mass is 262 g/mol. The molecule has 5 heteroatoms. The van der Waals surface area contributed by atoms with Gasteiger partial charge in [-0.3, -0.25) is 14.0 Å². The van der Waals surface area contributed by atoms with Gasteiger partial charge in [-0.1, -0.05) is 6.92 Å². The van der Waals surface area contributed by atoms with Crippen LogP contribution in [0.1, 0.15) is 46.5 Å². The van der Waals surface area contributed by atoms with E-state index in [1.54, 1.807) is 20.8 Å². The minimum atomic E-state index is -1.28. The highest BCUT2D eigenvalue weighted by Crippen LogP contribution is 2.32. The van der Waals surface area contributed by atoms with Crippen LogP contribution in [0.3, 0.4) is 0 Å². The zero-order valence-electron chi connectivity index (χ0n) is 11.5. The predicted molar refractivity (Wildman–Crippen MR) is 65.8 cm³/mol. The Kier molecular flexibility index (Phi) is 8.33. The minimum absolute atomic E-state index is 0.211. The van der Waals surface area contributed by atoms with Crippen LogP contribution >= 0.6 is 0 Å². The third-order valence-electron chi connectivity index (χ3n) is 2.92. The molecule has 18 heavy (non-hydrogen) atoms. The Morgan fingerprint density at radius 3 is 1.83 bits per heavy atom. The van der Waals surface area contributed by atoms with Crippen molar-refractivity contribution in [2.75, 3.05) is 19.9 Å². The van der Waals surface area contributed by atoms with Crippen molar-refractivity contribution < 1.29 is 23.5 Å². The summed E-state index contributed by atoms with van der Waals surface area (Å²) in [4.78, 5) is 24.0. The molecule has 0 aromatic heterocycles. The maximum Gasteiger partial charge on any atom is 0.323 e. The summed E-state index contributed by atoms with van der Waals surface area (Å²) < 4.78 is 22.1. The lowest BCUT2D eigenvalue weighted by atomic mass is 9.80. The van der Waals surface area contributed by atoms with Gasteiger partial charge in [0.1, 0.15) is 0 Å². The number of halogens is 1. The Bertz CT molecular complexity index is 248. The zero-order chi connectivity index (χ0) is 14.0. The van der Waals surface area contributed by atoms with Crippen molar-refractivity contribution in [3.8, 4) is 0 Å². The highest BCUT2D eigenvalue weighted by molar-refractivity contribution is 6.00. The summed E-state index contributed by atoms with van der Waals surface area (Å²) in [6, 6.07) is 0. The van der Waals surface area contributed by atoms with Crippen molar-refractivity contribution in [1.29, 1.82) is 0 Å². The van der Waals surface area contributed by atoms with Gasteiger partial charge in [0.25, 0.3) is 0 Å². The molecule has 0 radical (unpaired) electrons. The number of unbranched alkanes of at least 4 members (excludes halogenated alkanes) is 1. The molecule has 0 heterocycles. The van der Waals surface area contributed by atoms with Gasteiger partial charge in [0, 0.05) is 0 Å². The number of hydrogen-bond acceptors (Lipinski definition) is 4. The number of hydrogen-bond donors (Lipinski definition) is 0. The van der Waals surface area contributed by atoms with Gasteiger partial charge >= 0.3 is 11.9 Å². The number of carbonyl (C=O) groups excluding carboxylic acids is 2. The zero-order valence-corrected chi connectivity index (χ0v) is 11.5. The second-order valence-corrected chi connectivity index (χ2v) is 4.02. The maximum atomic E-state index is 12.1. The largest absolute Gasteiger partial charge is 0.465 e. The van der Waals surface area contributed by atoms with Crippen molar-refractivity contribution >= 4 is 11.9 Å². The third-order valence-corrected chi connectivity index (χ3v) is 2.92. The summed E-state index contributed by atoms with van der Waals surface area (Å²) in [6.07, 6.45) is 1.37. The van der Waals surface area contributed by atoms with Crippen LogP contribution in [0.4, 0.5) is 4.39 Å². The van der Waals surface area contributed by atoms with Gasteiger partial charge in [-0.2, -0.15) is 0 Å². The molecule has 0 spiro atoms. The highest BCUT2D eigenvalue weighted by Gasteiger charge is 2.46. The highest BCUT2D eigenvalue weighted by atomic mass is 19.1. The predicted octanol–water partition coefficient (Wildman–Crippen LogP) is 2.65. The summed E-state index contributed by atoms with van der Waals surface area (Å²) in [7, 11) is 0. The SMILES string of the molecule is CCOC(=O)C(CC)(CCCCF)C(=O)OCC. The Morgan fingerprint density at radius 1 is 1.00 bits per heavy atom. The van der Waals surface area contributed by atoms with Crippen LogP contribution in [0.2, 0.25) is 0 Å². The summed E-state index contributed by atoms with van der Waals surface area (Å²) in [5.41, 5.74) is -1.28. The van der Waals surface area contributed by atoms with E-state index in [4.69, 9.17) is 9.47 Å². The van der Waals surface area contributed by atoms with Crippen LogP contribution in [0.5, 0.6) is 0 Å². The molecule has 106 valence electrons. The lowest BCUT2D eigenvalue weighted by molar-refractivity contribution is -0.173. The molecule has 0 bridgehead atoms. The normalized spacial score (nSPS) is 11.1. The molecule has 0 rings (SSSR count). The minimum Gasteiger partial charge on any atom is -0.465 e. The fourth-order valence-electron chi connectivity index (χ4n) is 1.81. The van der Waals surface area contributed by atoms with Gasteiger partial charge in [0.05, 0.1) is 19.9 Å². The van der Waals surface area contributed by atoms with Crippen LogP contribution in [0, 0.1) is 5.41 Å². The Balaban J connectivity index is 4.93. The summed E-state index contributed by atoms with van der Waals surface area (Å²) in [6.45, 7) is 5.08. The molecular weight excluding hydrogens is 239 g/mol. The summed E-state index contributed by atoms with van der Waals surface area (Å²) in [5, 5.41) is 0. The smallest absolute Gasteiger partial charge is 0.323 e. The van der Waals surface area contributed by atoms with E-state index in [0.29, 0.717) is 19.3 Å². The van der Waals surface area contributed by atoms with Crippen molar-refractivity contribution in [3.05, 3.63) is 0 Å². The first-order valence-corrected chi connectivity index (χ1v) is 6.49. The van der Waals surface area contributed by atoms with Crippen molar-refractivity contribution in [2.45, 2.75) is 46.5 Å². The van der Waals surface area contributed by atoms with Crippen molar-refractivity contribution in [1.82, 2.24) is 0 Å². The first-order chi connectivity index (χ1) is 8.58. The van der Waals surface area contributed by atoms with E-state index in [0.717, 1.165) is 0 Å². The molecule has 0 aliphatic rings. The average molecular weight is 262 g/mol. The second kappa shape index (κ2) is 8.89. The quantitative estimate of drug-likeness (QED) is 0.364. The van der Waals surface area contributed by atoms with Gasteiger partial charge in [0.15, 0.2) is 5.41 Å². The molecule has 0 aliphatic carbocycles. The van der Waals surface area contributed by atoms with E-state index in [9.17, 15) is 14.0 Å². The molecular formula is C13H23FO4. The summed E-state index contributed by atoms with van der Waals surface area (Å²) in [5.74, 6) is -1.13. The molecule has 0 unspecified atom stereocenters. The number of rotatable bonds is 9. The lowest BCUT2D eigenvalue weighted by Gasteiger charge is -2.27. The first kappa shape index (κ1) is 16.9. The number of esters is 2. The molecule has 0 aromatic carbocycles. The van der Waals surface area contributed by atoms with Crippen LogP contribution in [0.15, 0.2) is 0 Å². The van der Waals surface area contributed by atoms with Crippen molar-refractivity contribution in [2.24, 2.45) is 5.41 Å². The lowest BCUT2D eigenvalue weighted by Crippen LogP contribution is -2.41. The van der Waals surface area contributed by atoms with E-state index in [1.807, 2.05) is 0 Å². The van der Waals surface area contributed by atoms with Crippen LogP contribution in [0.25, 0.3) is 0 Å². The Hall–Kier alpha value is -1.13. The van der Waals surface area contributed by atoms with Crippen LogP contribution < -0.4 is 0 Å². The standard InChI is InChI=1S/C13H23FO4/c1-4-13(9-7-8-10-14,11(15)17-5-2)12(16)18-6-3/h4-10H2,1-3H3. The van der Waals surface area contributed by atoms with Gasteiger partial charge in [-0.25, -0.2) is 0 Å². The van der Waals surface area contributed by atoms with E-state index in [-0.39, 0.29) is 19.6 Å². The Morgan fingerprint density at radius 2 is 1.50 bits per heavy atom. The Labute approximate surface area is 108 Å². The molecule has 4 nitrogen and oxygen atoms in total. The molecule has 0 saturated carbocycles. The average Bonchev–Trinajstić information content (AvgIpc) is 2.35. The van der Waals surface area contributed by atoms with Crippen LogP contribution in [-0.4, -0.2) is 31.8 Å². The fraction of sp³-hybridized carbons (Fsp3) is 0.846. The molecule has 0 atom stereocenters. The third kappa shape index (κ3) is 4.27. The van der Waals surface area contributed by atoms with E-state index in [2.05, 4.69) is 0 Å². The fourth-order valence-corrected chi connectivity index (χ4v) is 1.81. The molecule has 0 fully saturated rings. The summed E-state index contributed by atoms with van der Waals surface area (Å²) >= 11 is 0. The molecule has 0 saturated heterocycles. The van der Waals surface area contributed by atoms with Gasteiger partial charge in [0.2, 0.25) is 0 Å². The molecule has 0 aromatic rings. The van der Waals surface area contributed by atoms with E-state index >= 15 is 0 Å². The number of carbonyl (C=O) groups is 2. The maximum absolute atomic E-state index is 12.1. The number of ether oxygens (including phenoxy) is 2. The first-order valence-electron chi connectivity index (χ1n) is 6.49. The topological polar surface area (TPSA) is 52.6 Å². The molecule has 0 aliphatic heterocycles. The number of alkyl halides is 1. The van der Waals surface area contributed by atoms with Gasteiger partial charge in [-0.05, 0) is 39.5 Å². The van der Waals surface area contributed by atoms with Crippen molar-refractivity contribution in [3.63, 3.8) is 0 Å². The van der Waals surface area contributed by atoms with E-state index < -0.39 is 24.0 Å².